The number of fused-ring (bicyclic) bond motifs is 1. The molecule has 0 unspecified atom stereocenters. The second-order valence-corrected chi connectivity index (χ2v) is 4.60. The number of H-pyrrole nitrogens is 1. The number of nitrogens with one attached hydrogen (secondary N) is 3. The van der Waals surface area contributed by atoms with Crippen molar-refractivity contribution in [2.75, 3.05) is 11.2 Å². The average molecular weight is 295 g/mol. The van der Waals surface area contributed by atoms with Gasteiger partial charge in [-0.3, -0.25) is 20.4 Å². The number of hydrogen-bond acceptors (Lipinski definition) is 5. The molecule has 0 fully saturated rings. The van der Waals surface area contributed by atoms with E-state index >= 15 is 0 Å². The van der Waals surface area contributed by atoms with Crippen molar-refractivity contribution in [3.8, 4) is 0 Å². The molecular weight excluding hydrogens is 282 g/mol. The molecule has 0 saturated heterocycles. The Morgan fingerprint density at radius 1 is 1.14 bits per heavy atom. The quantitative estimate of drug-likeness (QED) is 0.543. The Labute approximate surface area is 125 Å². The van der Waals surface area contributed by atoms with E-state index in [1.165, 1.54) is 6.33 Å². The fourth-order valence-electron chi connectivity index (χ4n) is 2.12. The van der Waals surface area contributed by atoms with Gasteiger partial charge in [0.05, 0.1) is 6.33 Å². The van der Waals surface area contributed by atoms with Gasteiger partial charge in [0.25, 0.3) is 11.5 Å². The number of nitrogens with zero attached hydrogens (tertiary/aromatic N) is 1. The number of anilines is 2. The molecule has 0 saturated carbocycles. The highest BCUT2D eigenvalue weighted by Gasteiger charge is 2.10. The van der Waals surface area contributed by atoms with Crippen molar-refractivity contribution in [2.45, 2.75) is 0 Å². The molecule has 3 aromatic rings. The molecule has 1 aromatic heterocycles. The number of carbonyl (C=O) groups excluding carboxylic acids is 1. The summed E-state index contributed by atoms with van der Waals surface area (Å²) in [5.41, 5.74) is 10.6. The van der Waals surface area contributed by atoms with E-state index < -0.39 is 5.56 Å². The van der Waals surface area contributed by atoms with Crippen LogP contribution in [0.4, 0.5) is 11.5 Å². The highest BCUT2D eigenvalue weighted by atomic mass is 16.2. The summed E-state index contributed by atoms with van der Waals surface area (Å²) < 4.78 is 0. The smallest absolute Gasteiger partial charge is 0.276 e. The van der Waals surface area contributed by atoms with Crippen LogP contribution in [0.3, 0.4) is 0 Å². The molecule has 1 amide bonds. The number of aromatic amines is 1. The van der Waals surface area contributed by atoms with E-state index in [4.69, 9.17) is 5.73 Å². The lowest BCUT2D eigenvalue weighted by atomic mass is 10.0. The number of aromatic nitrogens is 2. The first-order valence-electron chi connectivity index (χ1n) is 6.54. The molecule has 3 rings (SSSR count). The van der Waals surface area contributed by atoms with Crippen LogP contribution < -0.4 is 22.1 Å². The van der Waals surface area contributed by atoms with Gasteiger partial charge in [0.15, 0.2) is 5.82 Å². The van der Waals surface area contributed by atoms with Crippen LogP contribution in [0.5, 0.6) is 0 Å². The Kier molecular flexibility index (Phi) is 3.45. The fraction of sp³-hybridized carbons (Fsp3) is 0. The lowest BCUT2D eigenvalue weighted by Crippen LogP contribution is -2.31. The maximum atomic E-state index is 12.3. The fourth-order valence-corrected chi connectivity index (χ4v) is 2.12. The first kappa shape index (κ1) is 13.6. The zero-order valence-corrected chi connectivity index (χ0v) is 11.5. The first-order chi connectivity index (χ1) is 10.7. The lowest BCUT2D eigenvalue weighted by Gasteiger charge is -2.10. The summed E-state index contributed by atoms with van der Waals surface area (Å²) in [5, 5.41) is 1.79. The molecule has 110 valence electrons. The molecule has 7 heteroatoms. The number of rotatable bonds is 3. The third kappa shape index (κ3) is 2.47. The van der Waals surface area contributed by atoms with Crippen LogP contribution in [-0.2, 0) is 0 Å². The minimum absolute atomic E-state index is 0.0948. The Bertz CT molecular complexity index is 898. The first-order valence-corrected chi connectivity index (χ1v) is 6.54. The Hall–Kier alpha value is -3.35. The van der Waals surface area contributed by atoms with Crippen LogP contribution in [0.1, 0.15) is 10.4 Å². The minimum Gasteiger partial charge on any atom is -0.391 e. The van der Waals surface area contributed by atoms with Crippen LogP contribution in [0.25, 0.3) is 10.8 Å². The van der Waals surface area contributed by atoms with Gasteiger partial charge in [-0.25, -0.2) is 4.98 Å². The SMILES string of the molecule is Nc1c(NNC(=O)c2cccc3ccccc23)nc[nH]c1=O. The average Bonchev–Trinajstić information content (AvgIpc) is 2.55. The molecule has 0 atom stereocenters. The molecule has 5 N–H and O–H groups in total. The number of carbonyl (C=O) groups is 1. The van der Waals surface area contributed by atoms with Gasteiger partial charge in [0.2, 0.25) is 0 Å². The summed E-state index contributed by atoms with van der Waals surface area (Å²) in [6, 6.07) is 13.0. The number of benzene rings is 2. The lowest BCUT2D eigenvalue weighted by molar-refractivity contribution is 0.0964. The largest absolute Gasteiger partial charge is 0.391 e. The summed E-state index contributed by atoms with van der Waals surface area (Å²) >= 11 is 0. The number of nitrogens with two attached hydrogens (primary N) is 1. The maximum absolute atomic E-state index is 12.3. The van der Waals surface area contributed by atoms with Gasteiger partial charge < -0.3 is 10.7 Å². The molecule has 0 aliphatic heterocycles. The summed E-state index contributed by atoms with van der Waals surface area (Å²) in [6.07, 6.45) is 1.20. The summed E-state index contributed by atoms with van der Waals surface area (Å²) in [6.45, 7) is 0. The van der Waals surface area contributed by atoms with Gasteiger partial charge in [0, 0.05) is 5.56 Å². The van der Waals surface area contributed by atoms with E-state index in [-0.39, 0.29) is 17.4 Å². The highest BCUT2D eigenvalue weighted by molar-refractivity contribution is 6.07. The number of hydrazine groups is 1. The van der Waals surface area contributed by atoms with Crippen molar-refractivity contribution in [2.24, 2.45) is 0 Å². The van der Waals surface area contributed by atoms with Crippen molar-refractivity contribution in [1.82, 2.24) is 15.4 Å². The normalized spacial score (nSPS) is 10.4. The van der Waals surface area contributed by atoms with Crippen molar-refractivity contribution in [1.29, 1.82) is 0 Å². The summed E-state index contributed by atoms with van der Waals surface area (Å²) in [5.74, 6) is -0.254. The van der Waals surface area contributed by atoms with Crippen LogP contribution >= 0.6 is 0 Å². The van der Waals surface area contributed by atoms with Gasteiger partial charge in [-0.2, -0.15) is 0 Å². The highest BCUT2D eigenvalue weighted by Crippen LogP contribution is 2.18. The molecule has 7 nitrogen and oxygen atoms in total. The zero-order chi connectivity index (χ0) is 15.5. The predicted molar refractivity (Wildman–Crippen MR) is 84.3 cm³/mol. The van der Waals surface area contributed by atoms with E-state index in [0.717, 1.165) is 10.8 Å². The second kappa shape index (κ2) is 5.57. The standard InChI is InChI=1S/C15H13N5O2/c16-12-13(17-8-18-15(12)22)19-20-14(21)11-7-3-5-9-4-1-2-6-10(9)11/h1-8H,16H2,(H,20,21)(H2,17,18,19,22). The molecule has 1 heterocycles. The monoisotopic (exact) mass is 295 g/mol. The van der Waals surface area contributed by atoms with Gasteiger partial charge in [0.1, 0.15) is 5.69 Å². The molecule has 0 spiro atoms. The van der Waals surface area contributed by atoms with Crippen molar-refractivity contribution in [3.05, 3.63) is 64.7 Å². The third-order valence-corrected chi connectivity index (χ3v) is 3.22. The van der Waals surface area contributed by atoms with Crippen LogP contribution in [0.2, 0.25) is 0 Å². The molecule has 0 radical (unpaired) electrons. The van der Waals surface area contributed by atoms with E-state index in [2.05, 4.69) is 20.8 Å². The van der Waals surface area contributed by atoms with Crippen molar-refractivity contribution >= 4 is 28.2 Å². The number of hydrogen-bond donors (Lipinski definition) is 4. The minimum atomic E-state index is -0.475. The van der Waals surface area contributed by atoms with Gasteiger partial charge in [-0.1, -0.05) is 36.4 Å². The molecule has 2 aromatic carbocycles. The molecule has 22 heavy (non-hydrogen) atoms. The van der Waals surface area contributed by atoms with Gasteiger partial charge >= 0.3 is 0 Å². The molecule has 0 bridgehead atoms. The Morgan fingerprint density at radius 2 is 1.91 bits per heavy atom. The van der Waals surface area contributed by atoms with Crippen molar-refractivity contribution < 1.29 is 4.79 Å². The van der Waals surface area contributed by atoms with Crippen molar-refractivity contribution in [3.63, 3.8) is 0 Å². The molecule has 0 aliphatic rings. The topological polar surface area (TPSA) is 113 Å². The van der Waals surface area contributed by atoms with Crippen LogP contribution in [0, 0.1) is 0 Å². The maximum Gasteiger partial charge on any atom is 0.276 e. The predicted octanol–water partition coefficient (Wildman–Crippen LogP) is 1.26. The summed E-state index contributed by atoms with van der Waals surface area (Å²) in [4.78, 5) is 29.9. The van der Waals surface area contributed by atoms with Gasteiger partial charge in [-0.15, -0.1) is 0 Å². The van der Waals surface area contributed by atoms with Gasteiger partial charge in [-0.05, 0) is 16.8 Å². The molecular formula is C15H13N5O2. The van der Waals surface area contributed by atoms with E-state index in [1.807, 2.05) is 30.3 Å². The third-order valence-electron chi connectivity index (χ3n) is 3.22. The Balaban J connectivity index is 1.85. The Morgan fingerprint density at radius 3 is 2.77 bits per heavy atom. The van der Waals surface area contributed by atoms with E-state index in [9.17, 15) is 9.59 Å². The van der Waals surface area contributed by atoms with Crippen LogP contribution in [0.15, 0.2) is 53.6 Å². The van der Waals surface area contributed by atoms with Crippen LogP contribution in [-0.4, -0.2) is 15.9 Å². The number of amides is 1. The van der Waals surface area contributed by atoms with E-state index in [1.54, 1.807) is 12.1 Å². The summed E-state index contributed by atoms with van der Waals surface area (Å²) in [7, 11) is 0. The molecule has 0 aliphatic carbocycles. The van der Waals surface area contributed by atoms with E-state index in [0.29, 0.717) is 5.56 Å². The second-order valence-electron chi connectivity index (χ2n) is 4.60. The number of nitrogen functional groups attached to an aromatic ring is 1. The zero-order valence-electron chi connectivity index (χ0n) is 11.5.